The Morgan fingerprint density at radius 2 is 1.67 bits per heavy atom. The monoisotopic (exact) mass is 443 g/mol. The first-order chi connectivity index (χ1) is 16.0. The van der Waals surface area contributed by atoms with Gasteiger partial charge >= 0.3 is 12.1 Å². The Hall–Kier alpha value is -4.20. The Labute approximate surface area is 189 Å². The van der Waals surface area contributed by atoms with Crippen LogP contribution >= 0.6 is 0 Å². The number of rotatable bonds is 5. The molecule has 5 rings (SSSR count). The van der Waals surface area contributed by atoms with Crippen LogP contribution in [0.5, 0.6) is 0 Å². The number of benzene rings is 2. The van der Waals surface area contributed by atoms with Gasteiger partial charge in [-0.1, -0.05) is 48.5 Å². The molecule has 1 unspecified atom stereocenters. The van der Waals surface area contributed by atoms with Crippen LogP contribution in [0.2, 0.25) is 0 Å². The molecule has 1 aromatic heterocycles. The number of carboxylic acid groups (broad SMARTS) is 1. The maximum atomic E-state index is 12.8. The minimum atomic E-state index is -1.06. The predicted octanol–water partition coefficient (Wildman–Crippen LogP) is 3.74. The van der Waals surface area contributed by atoms with Crippen molar-refractivity contribution in [3.8, 4) is 11.1 Å². The second-order valence-electron chi connectivity index (χ2n) is 7.99. The molecule has 1 saturated heterocycles. The first kappa shape index (κ1) is 20.7. The average Bonchev–Trinajstić information content (AvgIpc) is 3.11. The third-order valence-electron chi connectivity index (χ3n) is 6.16. The summed E-state index contributed by atoms with van der Waals surface area (Å²) in [6.07, 6.45) is 1.10. The molecule has 33 heavy (non-hydrogen) atoms. The molecule has 0 spiro atoms. The summed E-state index contributed by atoms with van der Waals surface area (Å²) in [6.45, 7) is 0.466. The largest absolute Gasteiger partial charge is 0.480 e. The highest BCUT2D eigenvalue weighted by Crippen LogP contribution is 2.44. The summed E-state index contributed by atoms with van der Waals surface area (Å²) in [4.78, 5) is 42.0. The third-order valence-corrected chi connectivity index (χ3v) is 6.16. The van der Waals surface area contributed by atoms with E-state index in [1.54, 1.807) is 6.07 Å². The van der Waals surface area contributed by atoms with Crippen LogP contribution in [-0.2, 0) is 9.53 Å². The molecule has 1 aliphatic carbocycles. The first-order valence-corrected chi connectivity index (χ1v) is 10.7. The number of carbonyl (C=O) groups is 3. The van der Waals surface area contributed by atoms with Crippen molar-refractivity contribution in [3.05, 3.63) is 83.7 Å². The maximum Gasteiger partial charge on any atom is 0.411 e. The highest BCUT2D eigenvalue weighted by Gasteiger charge is 2.39. The van der Waals surface area contributed by atoms with Gasteiger partial charge in [0.25, 0.3) is 5.91 Å². The fraction of sp³-hybridized carbons (Fsp3) is 0.200. The van der Waals surface area contributed by atoms with Crippen molar-refractivity contribution in [1.82, 2.24) is 9.88 Å². The van der Waals surface area contributed by atoms with Crippen molar-refractivity contribution in [1.29, 1.82) is 0 Å². The van der Waals surface area contributed by atoms with Gasteiger partial charge in [-0.15, -0.1) is 0 Å². The number of pyridine rings is 1. The lowest BCUT2D eigenvalue weighted by atomic mass is 9.98. The summed E-state index contributed by atoms with van der Waals surface area (Å²) in [6, 6.07) is 18.3. The zero-order valence-corrected chi connectivity index (χ0v) is 17.6. The van der Waals surface area contributed by atoms with Crippen LogP contribution in [0.1, 0.15) is 34.0 Å². The maximum absolute atomic E-state index is 12.8. The number of aliphatic carboxylic acids is 1. The number of nitrogens with one attached hydrogen (secondary N) is 1. The Morgan fingerprint density at radius 3 is 2.27 bits per heavy atom. The van der Waals surface area contributed by atoms with Gasteiger partial charge in [-0.05, 0) is 40.8 Å². The second kappa shape index (κ2) is 8.38. The van der Waals surface area contributed by atoms with Gasteiger partial charge in [-0.25, -0.2) is 14.6 Å². The van der Waals surface area contributed by atoms with Gasteiger partial charge in [0, 0.05) is 18.7 Å². The summed E-state index contributed by atoms with van der Waals surface area (Å²) >= 11 is 0. The number of carboxylic acids is 1. The van der Waals surface area contributed by atoms with E-state index in [9.17, 15) is 19.5 Å². The van der Waals surface area contributed by atoms with Crippen LogP contribution in [0, 0.1) is 0 Å². The number of fused-ring (bicyclic) bond motifs is 3. The van der Waals surface area contributed by atoms with Gasteiger partial charge in [-0.2, -0.15) is 0 Å². The van der Waals surface area contributed by atoms with E-state index in [4.69, 9.17) is 4.74 Å². The van der Waals surface area contributed by atoms with Crippen LogP contribution in [-0.4, -0.2) is 52.2 Å². The van der Waals surface area contributed by atoms with Crippen LogP contribution in [0.25, 0.3) is 11.1 Å². The fourth-order valence-electron chi connectivity index (χ4n) is 4.44. The van der Waals surface area contributed by atoms with Crippen molar-refractivity contribution in [3.63, 3.8) is 0 Å². The number of hydrogen-bond donors (Lipinski definition) is 2. The first-order valence-electron chi connectivity index (χ1n) is 10.7. The molecule has 2 aromatic carbocycles. The number of hydrogen-bond acceptors (Lipinski definition) is 5. The molecule has 0 saturated carbocycles. The predicted molar refractivity (Wildman–Crippen MR) is 120 cm³/mol. The molecule has 2 N–H and O–H groups in total. The van der Waals surface area contributed by atoms with E-state index < -0.39 is 24.0 Å². The van der Waals surface area contributed by atoms with Crippen LogP contribution < -0.4 is 5.32 Å². The smallest absolute Gasteiger partial charge is 0.411 e. The van der Waals surface area contributed by atoms with E-state index in [0.29, 0.717) is 13.0 Å². The van der Waals surface area contributed by atoms with Crippen molar-refractivity contribution >= 4 is 23.7 Å². The molecule has 1 fully saturated rings. The SMILES string of the molecule is O=C(Nc1cccnc1C(=O)N1CCC1C(=O)O)OCC1c2ccccc2-c2ccccc21. The molecular formula is C25H21N3O5. The molecule has 0 bridgehead atoms. The molecule has 8 heteroatoms. The number of likely N-dealkylation sites (tertiary alicyclic amines) is 1. The number of carbonyl (C=O) groups excluding carboxylic acids is 2. The average molecular weight is 443 g/mol. The van der Waals surface area contributed by atoms with Gasteiger partial charge in [0.05, 0.1) is 5.69 Å². The highest BCUT2D eigenvalue weighted by molar-refractivity contribution is 6.02. The van der Waals surface area contributed by atoms with E-state index in [2.05, 4.69) is 22.4 Å². The summed E-state index contributed by atoms with van der Waals surface area (Å²) in [5.41, 5.74) is 4.62. The number of aromatic nitrogens is 1. The normalized spacial score (nSPS) is 16.4. The summed E-state index contributed by atoms with van der Waals surface area (Å²) in [5, 5.41) is 11.8. The lowest BCUT2D eigenvalue weighted by Crippen LogP contribution is -2.55. The van der Waals surface area contributed by atoms with Gasteiger partial charge in [0.15, 0.2) is 5.69 Å². The topological polar surface area (TPSA) is 109 Å². The van der Waals surface area contributed by atoms with Gasteiger partial charge in [-0.3, -0.25) is 10.1 Å². The van der Waals surface area contributed by atoms with Crippen LogP contribution in [0.15, 0.2) is 66.9 Å². The van der Waals surface area contributed by atoms with Crippen molar-refractivity contribution in [2.24, 2.45) is 0 Å². The molecule has 0 radical (unpaired) electrons. The molecule has 166 valence electrons. The lowest BCUT2D eigenvalue weighted by molar-refractivity contribution is -0.146. The Balaban J connectivity index is 1.29. The molecule has 2 amide bonds. The van der Waals surface area contributed by atoms with E-state index in [0.717, 1.165) is 22.3 Å². The quantitative estimate of drug-likeness (QED) is 0.622. The van der Waals surface area contributed by atoms with Crippen LogP contribution in [0.4, 0.5) is 10.5 Å². The minimum Gasteiger partial charge on any atom is -0.480 e. The van der Waals surface area contributed by atoms with Crippen molar-refractivity contribution in [2.75, 3.05) is 18.5 Å². The van der Waals surface area contributed by atoms with Crippen molar-refractivity contribution in [2.45, 2.75) is 18.4 Å². The third kappa shape index (κ3) is 3.69. The standard InChI is InChI=1S/C25H21N3O5/c29-23(28-13-11-21(28)24(30)31)22-20(10-5-12-26-22)27-25(32)33-14-19-17-8-3-1-6-15(17)16-7-2-4-9-18(16)19/h1-10,12,19,21H,11,13-14H2,(H,27,32)(H,30,31). The van der Waals surface area contributed by atoms with E-state index in [-0.39, 0.29) is 23.9 Å². The summed E-state index contributed by atoms with van der Waals surface area (Å²) in [5.74, 6) is -1.68. The zero-order chi connectivity index (χ0) is 22.9. The van der Waals surface area contributed by atoms with E-state index in [1.165, 1.54) is 17.2 Å². The number of nitrogens with zero attached hydrogens (tertiary/aromatic N) is 2. The molecule has 8 nitrogen and oxygen atoms in total. The lowest BCUT2D eigenvalue weighted by Gasteiger charge is -2.37. The summed E-state index contributed by atoms with van der Waals surface area (Å²) in [7, 11) is 0. The van der Waals surface area contributed by atoms with Crippen molar-refractivity contribution < 1.29 is 24.2 Å². The van der Waals surface area contributed by atoms with E-state index in [1.807, 2.05) is 36.4 Å². The highest BCUT2D eigenvalue weighted by atomic mass is 16.5. The molecule has 1 atom stereocenters. The summed E-state index contributed by atoms with van der Waals surface area (Å²) < 4.78 is 5.54. The Bertz CT molecular complexity index is 1210. The zero-order valence-electron chi connectivity index (χ0n) is 17.6. The fourth-order valence-corrected chi connectivity index (χ4v) is 4.44. The van der Waals surface area contributed by atoms with E-state index >= 15 is 0 Å². The Morgan fingerprint density at radius 1 is 1.00 bits per heavy atom. The number of amides is 2. The molecule has 1 aliphatic heterocycles. The van der Waals surface area contributed by atoms with Gasteiger partial charge < -0.3 is 14.7 Å². The number of anilines is 1. The molecule has 2 aliphatic rings. The van der Waals surface area contributed by atoms with Gasteiger partial charge in [0.1, 0.15) is 12.6 Å². The van der Waals surface area contributed by atoms with Gasteiger partial charge in [0.2, 0.25) is 0 Å². The number of ether oxygens (including phenoxy) is 1. The second-order valence-corrected chi connectivity index (χ2v) is 7.99. The molecule has 2 heterocycles. The molecular weight excluding hydrogens is 422 g/mol. The molecule has 3 aromatic rings. The Kier molecular flexibility index (Phi) is 5.26. The minimum absolute atomic E-state index is 0.0167. The van der Waals surface area contributed by atoms with Crippen LogP contribution in [0.3, 0.4) is 0 Å².